The SMILES string of the molecule is O=[S@@]1CN(C2(CO)CCC2)c2nc(N3CC=C(c4ncc(Cl)cn4)CC3)ncc21. The maximum Gasteiger partial charge on any atom is 0.227 e. The molecule has 1 aliphatic carbocycles. The van der Waals surface area contributed by atoms with Crippen LogP contribution in [0.15, 0.2) is 29.6 Å². The van der Waals surface area contributed by atoms with Crippen molar-refractivity contribution in [3.63, 3.8) is 0 Å². The van der Waals surface area contributed by atoms with Gasteiger partial charge in [0.25, 0.3) is 0 Å². The Morgan fingerprint density at radius 1 is 1.21 bits per heavy atom. The second-order valence-corrected chi connectivity index (χ2v) is 9.47. The third-order valence-electron chi connectivity index (χ3n) is 6.02. The number of fused-ring (bicyclic) bond motifs is 1. The van der Waals surface area contributed by atoms with Gasteiger partial charge in [-0.05, 0) is 31.3 Å². The van der Waals surface area contributed by atoms with Crippen LogP contribution in [0.2, 0.25) is 5.02 Å². The van der Waals surface area contributed by atoms with E-state index in [1.807, 2.05) is 4.90 Å². The molecule has 29 heavy (non-hydrogen) atoms. The molecular weight excluding hydrogens is 412 g/mol. The lowest BCUT2D eigenvalue weighted by Gasteiger charge is -2.47. The number of hydrogen-bond donors (Lipinski definition) is 1. The van der Waals surface area contributed by atoms with Crippen LogP contribution in [0.1, 0.15) is 31.5 Å². The molecule has 2 aromatic heterocycles. The Labute approximate surface area is 176 Å². The first-order valence-corrected chi connectivity index (χ1v) is 11.4. The van der Waals surface area contributed by atoms with E-state index < -0.39 is 10.8 Å². The predicted octanol–water partition coefficient (Wildman–Crippen LogP) is 2.01. The first-order valence-electron chi connectivity index (χ1n) is 9.65. The van der Waals surface area contributed by atoms with Gasteiger partial charge in [0.2, 0.25) is 5.95 Å². The molecule has 0 amide bonds. The van der Waals surface area contributed by atoms with Gasteiger partial charge in [-0.1, -0.05) is 17.7 Å². The summed E-state index contributed by atoms with van der Waals surface area (Å²) < 4.78 is 12.6. The normalized spacial score (nSPS) is 22.8. The van der Waals surface area contributed by atoms with E-state index in [1.165, 1.54) is 0 Å². The lowest BCUT2D eigenvalue weighted by atomic mass is 9.76. The fourth-order valence-electron chi connectivity index (χ4n) is 4.10. The smallest absolute Gasteiger partial charge is 0.227 e. The monoisotopic (exact) mass is 432 g/mol. The molecule has 2 aliphatic heterocycles. The number of hydrogen-bond acceptors (Lipinski definition) is 8. The lowest BCUT2D eigenvalue weighted by molar-refractivity contribution is 0.119. The number of aliphatic hydroxyl groups is 1. The van der Waals surface area contributed by atoms with Crippen LogP contribution >= 0.6 is 11.6 Å². The highest BCUT2D eigenvalue weighted by Gasteiger charge is 2.47. The van der Waals surface area contributed by atoms with Gasteiger partial charge in [0.05, 0.1) is 34.2 Å². The quantitative estimate of drug-likeness (QED) is 0.783. The molecule has 1 fully saturated rings. The van der Waals surface area contributed by atoms with Crippen LogP contribution in [0.5, 0.6) is 0 Å². The van der Waals surface area contributed by atoms with Gasteiger partial charge in [-0.15, -0.1) is 0 Å². The fourth-order valence-corrected chi connectivity index (χ4v) is 5.50. The Kier molecular flexibility index (Phi) is 4.76. The first kappa shape index (κ1) is 18.9. The summed E-state index contributed by atoms with van der Waals surface area (Å²) in [4.78, 5) is 22.6. The Morgan fingerprint density at radius 3 is 2.62 bits per heavy atom. The molecule has 1 N–H and O–H groups in total. The summed E-state index contributed by atoms with van der Waals surface area (Å²) >= 11 is 5.87. The first-order chi connectivity index (χ1) is 14.1. The van der Waals surface area contributed by atoms with Crippen molar-refractivity contribution in [3.05, 3.63) is 35.5 Å². The van der Waals surface area contributed by atoms with E-state index in [1.54, 1.807) is 18.6 Å². The molecule has 0 saturated heterocycles. The number of aromatic nitrogens is 4. The largest absolute Gasteiger partial charge is 0.394 e. The molecule has 1 atom stereocenters. The zero-order valence-corrected chi connectivity index (χ0v) is 17.4. The number of halogens is 1. The van der Waals surface area contributed by atoms with Crippen molar-refractivity contribution in [1.29, 1.82) is 0 Å². The van der Waals surface area contributed by atoms with Crippen molar-refractivity contribution in [3.8, 4) is 0 Å². The van der Waals surface area contributed by atoms with Crippen LogP contribution < -0.4 is 9.80 Å². The Balaban J connectivity index is 1.39. The highest BCUT2D eigenvalue weighted by molar-refractivity contribution is 7.85. The summed E-state index contributed by atoms with van der Waals surface area (Å²) in [7, 11) is -1.16. The number of rotatable bonds is 4. The van der Waals surface area contributed by atoms with Gasteiger partial charge in [-0.3, -0.25) is 4.21 Å². The third-order valence-corrected chi connectivity index (χ3v) is 7.49. The van der Waals surface area contributed by atoms with Crippen molar-refractivity contribution in [1.82, 2.24) is 19.9 Å². The maximum absolute atomic E-state index is 12.6. The zero-order chi connectivity index (χ0) is 20.0. The summed E-state index contributed by atoms with van der Waals surface area (Å²) in [5, 5.41) is 10.5. The number of anilines is 2. The molecule has 10 heteroatoms. The Morgan fingerprint density at radius 2 is 2.00 bits per heavy atom. The van der Waals surface area contributed by atoms with Crippen LogP contribution in [-0.4, -0.2) is 60.4 Å². The topological polar surface area (TPSA) is 95.3 Å². The molecule has 152 valence electrons. The molecule has 0 radical (unpaired) electrons. The van der Waals surface area contributed by atoms with Gasteiger partial charge in [0.15, 0.2) is 11.6 Å². The van der Waals surface area contributed by atoms with Crippen LogP contribution in [0, 0.1) is 0 Å². The molecule has 5 rings (SSSR count). The minimum Gasteiger partial charge on any atom is -0.394 e. The zero-order valence-electron chi connectivity index (χ0n) is 15.8. The van der Waals surface area contributed by atoms with Crippen molar-refractivity contribution >= 4 is 39.7 Å². The van der Waals surface area contributed by atoms with Crippen LogP contribution in [0.3, 0.4) is 0 Å². The molecule has 0 bridgehead atoms. The van der Waals surface area contributed by atoms with Crippen LogP contribution in [-0.2, 0) is 10.8 Å². The van der Waals surface area contributed by atoms with Crippen LogP contribution in [0.25, 0.3) is 5.57 Å². The average Bonchev–Trinajstić information content (AvgIpc) is 3.05. The Hall–Kier alpha value is -2.10. The van der Waals surface area contributed by atoms with Crippen LogP contribution in [0.4, 0.5) is 11.8 Å². The van der Waals surface area contributed by atoms with E-state index in [0.717, 1.165) is 37.8 Å². The van der Waals surface area contributed by atoms with E-state index in [0.29, 0.717) is 39.9 Å². The third kappa shape index (κ3) is 3.21. The minimum atomic E-state index is -1.16. The molecule has 0 unspecified atom stereocenters. The predicted molar refractivity (Wildman–Crippen MR) is 111 cm³/mol. The highest BCUT2D eigenvalue weighted by Crippen LogP contribution is 2.44. The van der Waals surface area contributed by atoms with Gasteiger partial charge in [0.1, 0.15) is 10.8 Å². The van der Waals surface area contributed by atoms with Gasteiger partial charge in [-0.2, -0.15) is 4.98 Å². The van der Waals surface area contributed by atoms with E-state index in [-0.39, 0.29) is 12.1 Å². The minimum absolute atomic E-state index is 0.0554. The summed E-state index contributed by atoms with van der Waals surface area (Å²) in [5.74, 6) is 2.40. The summed E-state index contributed by atoms with van der Waals surface area (Å²) in [5.41, 5.74) is 0.753. The fraction of sp³-hybridized carbons (Fsp3) is 0.474. The molecule has 8 nitrogen and oxygen atoms in total. The summed E-state index contributed by atoms with van der Waals surface area (Å²) in [6, 6.07) is 0. The summed E-state index contributed by atoms with van der Waals surface area (Å²) in [6.45, 7) is 1.44. The van der Waals surface area contributed by atoms with E-state index in [4.69, 9.17) is 16.6 Å². The molecule has 3 aliphatic rings. The molecule has 2 aromatic rings. The van der Waals surface area contributed by atoms with E-state index >= 15 is 0 Å². The van der Waals surface area contributed by atoms with Crippen molar-refractivity contribution in [2.45, 2.75) is 36.1 Å². The summed E-state index contributed by atoms with van der Waals surface area (Å²) in [6.07, 6.45) is 10.6. The molecule has 0 aromatic carbocycles. The molecule has 0 spiro atoms. The maximum atomic E-state index is 12.6. The molecular formula is C19H21ClN6O2S. The number of aliphatic hydroxyl groups excluding tert-OH is 1. The van der Waals surface area contributed by atoms with Crippen molar-refractivity contribution < 1.29 is 9.32 Å². The van der Waals surface area contributed by atoms with Crippen molar-refractivity contribution in [2.75, 3.05) is 35.4 Å². The van der Waals surface area contributed by atoms with Gasteiger partial charge in [0, 0.05) is 25.5 Å². The Bertz CT molecular complexity index is 989. The second-order valence-electron chi connectivity index (χ2n) is 7.65. The van der Waals surface area contributed by atoms with Gasteiger partial charge < -0.3 is 14.9 Å². The second kappa shape index (κ2) is 7.30. The number of nitrogens with zero attached hydrogens (tertiary/aromatic N) is 6. The molecule has 4 heterocycles. The van der Waals surface area contributed by atoms with Crippen molar-refractivity contribution in [2.24, 2.45) is 0 Å². The van der Waals surface area contributed by atoms with E-state index in [2.05, 4.69) is 25.9 Å². The average molecular weight is 433 g/mol. The molecule has 1 saturated carbocycles. The van der Waals surface area contributed by atoms with E-state index in [9.17, 15) is 9.32 Å². The van der Waals surface area contributed by atoms with Gasteiger partial charge in [-0.25, -0.2) is 15.0 Å². The van der Waals surface area contributed by atoms with Gasteiger partial charge >= 0.3 is 0 Å². The highest BCUT2D eigenvalue weighted by atomic mass is 35.5. The lowest BCUT2D eigenvalue weighted by Crippen LogP contribution is -2.56. The standard InChI is InChI=1S/C19H21ClN6O2S/c20-14-8-21-16(22-9-14)13-2-6-25(7-3-13)18-23-10-15-17(24-18)26(12-29(15)28)19(11-27)4-1-5-19/h2,8-10,27H,1,3-7,11-12H2/t29-/m1/s1.